The number of aromatic amines is 1. The van der Waals surface area contributed by atoms with E-state index in [1.165, 1.54) is 43.9 Å². The van der Waals surface area contributed by atoms with Crippen molar-refractivity contribution >= 4 is 60.2 Å². The molecule has 4 heterocycles. The summed E-state index contributed by atoms with van der Waals surface area (Å²) < 4.78 is 2.27. The summed E-state index contributed by atoms with van der Waals surface area (Å²) in [6.45, 7) is 4.42. The van der Waals surface area contributed by atoms with Crippen LogP contribution in [-0.4, -0.2) is 19.4 Å². The third-order valence-corrected chi connectivity index (χ3v) is 7.64. The van der Waals surface area contributed by atoms with Gasteiger partial charge in [-0.25, -0.2) is 4.98 Å². The first-order valence-electron chi connectivity index (χ1n) is 12.3. The standard InChI is InChI=1S/C32H22N4/c1-18-13-24-20-7-3-4-8-27(20)34-29(24)16-22(18)21-15-23-25(14-19(21)2)32-35-28-9-5-6-10-31(28)36(32)30-11-12-33-17-26(23)30/h3-17,34H,1-2H3. The van der Waals surface area contributed by atoms with E-state index in [0.717, 1.165) is 38.5 Å². The molecule has 4 aromatic carbocycles. The van der Waals surface area contributed by atoms with Crippen molar-refractivity contribution in [3.63, 3.8) is 0 Å². The summed E-state index contributed by atoms with van der Waals surface area (Å²) in [4.78, 5) is 13.2. The summed E-state index contributed by atoms with van der Waals surface area (Å²) in [6.07, 6.45) is 3.85. The zero-order valence-electron chi connectivity index (χ0n) is 20.0. The van der Waals surface area contributed by atoms with E-state index in [9.17, 15) is 0 Å². The van der Waals surface area contributed by atoms with Gasteiger partial charge in [0.1, 0.15) is 5.65 Å². The van der Waals surface area contributed by atoms with Gasteiger partial charge in [-0.15, -0.1) is 0 Å². The van der Waals surface area contributed by atoms with Gasteiger partial charge >= 0.3 is 0 Å². The number of fused-ring (bicyclic) bond motifs is 11. The van der Waals surface area contributed by atoms with Gasteiger partial charge < -0.3 is 4.98 Å². The van der Waals surface area contributed by atoms with Crippen molar-refractivity contribution in [2.75, 3.05) is 0 Å². The number of para-hydroxylation sites is 3. The number of nitrogens with zero attached hydrogens (tertiary/aromatic N) is 3. The number of imidazole rings is 1. The fourth-order valence-electron chi connectivity index (χ4n) is 5.94. The molecular formula is C32H22N4. The minimum absolute atomic E-state index is 0.988. The normalized spacial score (nSPS) is 12.2. The molecule has 36 heavy (non-hydrogen) atoms. The van der Waals surface area contributed by atoms with Gasteiger partial charge in [-0.05, 0) is 90.0 Å². The van der Waals surface area contributed by atoms with E-state index in [1.54, 1.807) is 0 Å². The molecule has 4 aromatic heterocycles. The van der Waals surface area contributed by atoms with Crippen LogP contribution in [0.1, 0.15) is 11.1 Å². The number of aryl methyl sites for hydroxylation is 2. The van der Waals surface area contributed by atoms with Crippen molar-refractivity contribution in [1.29, 1.82) is 0 Å². The first kappa shape index (κ1) is 19.6. The van der Waals surface area contributed by atoms with E-state index < -0.39 is 0 Å². The quantitative estimate of drug-likeness (QED) is 0.250. The first-order chi connectivity index (χ1) is 17.7. The monoisotopic (exact) mass is 462 g/mol. The van der Waals surface area contributed by atoms with Crippen molar-refractivity contribution in [2.24, 2.45) is 0 Å². The fourth-order valence-corrected chi connectivity index (χ4v) is 5.94. The Labute approximate surface area is 206 Å². The largest absolute Gasteiger partial charge is 0.354 e. The molecule has 0 fully saturated rings. The zero-order valence-corrected chi connectivity index (χ0v) is 20.0. The summed E-state index contributed by atoms with van der Waals surface area (Å²) >= 11 is 0. The minimum Gasteiger partial charge on any atom is -0.354 e. The molecule has 0 saturated carbocycles. The molecule has 0 aliphatic rings. The topological polar surface area (TPSA) is 46.0 Å². The van der Waals surface area contributed by atoms with Gasteiger partial charge in [0.2, 0.25) is 0 Å². The van der Waals surface area contributed by atoms with Crippen molar-refractivity contribution in [3.05, 3.63) is 102 Å². The lowest BCUT2D eigenvalue weighted by Gasteiger charge is -2.14. The number of pyridine rings is 2. The van der Waals surface area contributed by atoms with Crippen LogP contribution in [0.3, 0.4) is 0 Å². The SMILES string of the molecule is Cc1cc2c(cc1-c1cc3c4cnccc4n4c5ccccc5nc4c3cc1C)[nH]c1ccccc12. The Balaban J connectivity index is 1.49. The highest BCUT2D eigenvalue weighted by molar-refractivity contribution is 6.15. The molecule has 0 unspecified atom stereocenters. The van der Waals surface area contributed by atoms with E-state index in [-0.39, 0.29) is 0 Å². The Morgan fingerprint density at radius 3 is 2.33 bits per heavy atom. The third kappa shape index (κ3) is 2.53. The van der Waals surface area contributed by atoms with Crippen LogP contribution in [0.5, 0.6) is 0 Å². The van der Waals surface area contributed by atoms with Crippen LogP contribution in [0.2, 0.25) is 0 Å². The van der Waals surface area contributed by atoms with Gasteiger partial charge in [-0.1, -0.05) is 30.3 Å². The molecule has 0 saturated heterocycles. The van der Waals surface area contributed by atoms with Crippen LogP contribution in [0.15, 0.2) is 91.3 Å². The van der Waals surface area contributed by atoms with Crippen molar-refractivity contribution in [2.45, 2.75) is 13.8 Å². The molecule has 170 valence electrons. The summed E-state index contributed by atoms with van der Waals surface area (Å²) in [5.41, 5.74) is 11.6. The maximum atomic E-state index is 5.06. The molecule has 0 aliphatic heterocycles. The molecule has 0 bridgehead atoms. The van der Waals surface area contributed by atoms with Gasteiger partial charge in [0.25, 0.3) is 0 Å². The smallest absolute Gasteiger partial charge is 0.146 e. The highest BCUT2D eigenvalue weighted by Gasteiger charge is 2.17. The van der Waals surface area contributed by atoms with Crippen LogP contribution < -0.4 is 0 Å². The second-order valence-corrected chi connectivity index (χ2v) is 9.75. The molecule has 4 nitrogen and oxygen atoms in total. The predicted octanol–water partition coefficient (Wildman–Crippen LogP) is 8.11. The maximum Gasteiger partial charge on any atom is 0.146 e. The van der Waals surface area contributed by atoms with E-state index in [0.29, 0.717) is 0 Å². The molecule has 8 rings (SSSR count). The maximum absolute atomic E-state index is 5.06. The highest BCUT2D eigenvalue weighted by atomic mass is 15.0. The summed E-state index contributed by atoms with van der Waals surface area (Å²) in [5.74, 6) is 0. The van der Waals surface area contributed by atoms with Crippen LogP contribution in [-0.2, 0) is 0 Å². The van der Waals surface area contributed by atoms with Crippen LogP contribution >= 0.6 is 0 Å². The molecular weight excluding hydrogens is 440 g/mol. The lowest BCUT2D eigenvalue weighted by molar-refractivity contribution is 1.28. The van der Waals surface area contributed by atoms with E-state index in [2.05, 4.69) is 101 Å². The van der Waals surface area contributed by atoms with Gasteiger partial charge in [0, 0.05) is 45.0 Å². The Morgan fingerprint density at radius 2 is 1.42 bits per heavy atom. The second-order valence-electron chi connectivity index (χ2n) is 9.75. The molecule has 1 N–H and O–H groups in total. The van der Waals surface area contributed by atoms with Crippen LogP contribution in [0, 0.1) is 13.8 Å². The van der Waals surface area contributed by atoms with Crippen molar-refractivity contribution in [1.82, 2.24) is 19.4 Å². The lowest BCUT2D eigenvalue weighted by atomic mass is 9.92. The summed E-state index contributed by atoms with van der Waals surface area (Å²) in [7, 11) is 0. The van der Waals surface area contributed by atoms with E-state index >= 15 is 0 Å². The number of aromatic nitrogens is 4. The number of H-pyrrole nitrogens is 1. The Kier molecular flexibility index (Phi) is 3.77. The Morgan fingerprint density at radius 1 is 0.639 bits per heavy atom. The van der Waals surface area contributed by atoms with Gasteiger partial charge in [0.15, 0.2) is 0 Å². The fraction of sp³-hybridized carbons (Fsp3) is 0.0625. The van der Waals surface area contributed by atoms with E-state index in [1.807, 2.05) is 18.5 Å². The van der Waals surface area contributed by atoms with Gasteiger partial charge in [-0.2, -0.15) is 0 Å². The highest BCUT2D eigenvalue weighted by Crippen LogP contribution is 2.39. The lowest BCUT2D eigenvalue weighted by Crippen LogP contribution is -1.95. The predicted molar refractivity (Wildman–Crippen MR) is 150 cm³/mol. The number of rotatable bonds is 1. The Bertz CT molecular complexity index is 2180. The first-order valence-corrected chi connectivity index (χ1v) is 12.3. The van der Waals surface area contributed by atoms with Crippen LogP contribution in [0.25, 0.3) is 71.3 Å². The molecule has 0 atom stereocenters. The van der Waals surface area contributed by atoms with Crippen LogP contribution in [0.4, 0.5) is 0 Å². The summed E-state index contributed by atoms with van der Waals surface area (Å²) in [6, 6.07) is 28.2. The van der Waals surface area contributed by atoms with E-state index in [4.69, 9.17) is 4.98 Å². The minimum atomic E-state index is 0.988. The van der Waals surface area contributed by atoms with Crippen molar-refractivity contribution in [3.8, 4) is 11.1 Å². The zero-order chi connectivity index (χ0) is 24.0. The third-order valence-electron chi connectivity index (χ3n) is 7.64. The number of nitrogens with one attached hydrogen (secondary N) is 1. The van der Waals surface area contributed by atoms with Gasteiger partial charge in [0.05, 0.1) is 16.6 Å². The molecule has 8 aromatic rings. The van der Waals surface area contributed by atoms with Gasteiger partial charge in [-0.3, -0.25) is 9.38 Å². The second kappa shape index (κ2) is 6.92. The Hall–Kier alpha value is -4.70. The molecule has 0 spiro atoms. The number of hydrogen-bond acceptors (Lipinski definition) is 2. The molecule has 0 radical (unpaired) electrons. The number of benzene rings is 4. The molecule has 4 heteroatoms. The summed E-state index contributed by atoms with van der Waals surface area (Å²) in [5, 5.41) is 6.00. The average Bonchev–Trinajstić information content (AvgIpc) is 3.47. The average molecular weight is 463 g/mol. The molecule has 0 aliphatic carbocycles. The number of hydrogen-bond donors (Lipinski definition) is 1. The molecule has 0 amide bonds. The van der Waals surface area contributed by atoms with Crippen molar-refractivity contribution < 1.29 is 0 Å².